The van der Waals surface area contributed by atoms with Crippen LogP contribution < -0.4 is 4.74 Å². The Morgan fingerprint density at radius 3 is 2.82 bits per heavy atom. The molecule has 1 aromatic rings. The molecule has 2 aliphatic rings. The molecule has 0 aliphatic carbocycles. The van der Waals surface area contributed by atoms with Gasteiger partial charge in [-0.25, -0.2) is 0 Å². The number of piperidine rings is 1. The lowest BCUT2D eigenvalue weighted by Crippen LogP contribution is -2.61. The van der Waals surface area contributed by atoms with Crippen molar-refractivity contribution in [1.29, 1.82) is 0 Å². The maximum absolute atomic E-state index is 11.1. The molecule has 1 saturated heterocycles. The number of benzene rings is 1. The van der Waals surface area contributed by atoms with Gasteiger partial charge in [0, 0.05) is 11.6 Å². The minimum absolute atomic E-state index is 0.0204. The molecule has 0 radical (unpaired) electrons. The molecule has 3 unspecified atom stereocenters. The van der Waals surface area contributed by atoms with Gasteiger partial charge < -0.3 is 9.84 Å². The van der Waals surface area contributed by atoms with E-state index in [0.29, 0.717) is 6.04 Å². The van der Waals surface area contributed by atoms with Crippen LogP contribution >= 0.6 is 0 Å². The lowest BCUT2D eigenvalue weighted by Gasteiger charge is -2.52. The second kappa shape index (κ2) is 5.86. The Balaban J connectivity index is 2.00. The SMILES string of the molecule is CCC1CCCCN1C1C(O)c2cccc(C)c2OC1(C)C. The molecule has 0 amide bonds. The Hall–Kier alpha value is -1.06. The first-order valence-corrected chi connectivity index (χ1v) is 8.68. The molecule has 122 valence electrons. The maximum atomic E-state index is 11.1. The standard InChI is InChI=1S/C19H29NO2/c1-5-14-10-6-7-12-20(14)18-16(21)15-11-8-9-13(2)17(15)22-19(18,3)4/h8-9,11,14,16,18,21H,5-7,10,12H2,1-4H3. The summed E-state index contributed by atoms with van der Waals surface area (Å²) < 4.78 is 6.38. The first-order valence-electron chi connectivity index (χ1n) is 8.68. The van der Waals surface area contributed by atoms with E-state index in [0.717, 1.165) is 29.8 Å². The van der Waals surface area contributed by atoms with Crippen LogP contribution in [0.5, 0.6) is 5.75 Å². The van der Waals surface area contributed by atoms with E-state index in [4.69, 9.17) is 4.74 Å². The number of para-hydroxylation sites is 1. The third-order valence-corrected chi connectivity index (χ3v) is 5.44. The number of fused-ring (bicyclic) bond motifs is 1. The summed E-state index contributed by atoms with van der Waals surface area (Å²) in [5.41, 5.74) is 1.67. The van der Waals surface area contributed by atoms with E-state index in [9.17, 15) is 5.11 Å². The van der Waals surface area contributed by atoms with Gasteiger partial charge in [0.1, 0.15) is 17.5 Å². The number of likely N-dealkylation sites (tertiary alicyclic amines) is 1. The zero-order valence-electron chi connectivity index (χ0n) is 14.3. The molecule has 2 aliphatic heterocycles. The second-order valence-corrected chi connectivity index (χ2v) is 7.38. The summed E-state index contributed by atoms with van der Waals surface area (Å²) in [4.78, 5) is 2.51. The van der Waals surface area contributed by atoms with Crippen molar-refractivity contribution in [3.05, 3.63) is 29.3 Å². The maximum Gasteiger partial charge on any atom is 0.128 e. The molecular weight excluding hydrogens is 274 g/mol. The summed E-state index contributed by atoms with van der Waals surface area (Å²) in [6.07, 6.45) is 4.41. The van der Waals surface area contributed by atoms with Crippen LogP contribution in [0, 0.1) is 6.92 Å². The average molecular weight is 303 g/mol. The number of nitrogens with zero attached hydrogens (tertiary/aromatic N) is 1. The van der Waals surface area contributed by atoms with Gasteiger partial charge in [-0.1, -0.05) is 31.5 Å². The Kier molecular flexibility index (Phi) is 4.21. The summed E-state index contributed by atoms with van der Waals surface area (Å²) in [6, 6.07) is 6.66. The Morgan fingerprint density at radius 2 is 2.09 bits per heavy atom. The van der Waals surface area contributed by atoms with Gasteiger partial charge in [-0.05, 0) is 52.1 Å². The predicted octanol–water partition coefficient (Wildman–Crippen LogP) is 3.83. The average Bonchev–Trinajstić information content (AvgIpc) is 2.48. The molecule has 0 spiro atoms. The van der Waals surface area contributed by atoms with E-state index in [2.05, 4.69) is 38.7 Å². The van der Waals surface area contributed by atoms with Crippen molar-refractivity contribution in [2.45, 2.75) is 77.2 Å². The molecule has 1 N–H and O–H groups in total. The van der Waals surface area contributed by atoms with Crippen LogP contribution in [0.4, 0.5) is 0 Å². The van der Waals surface area contributed by atoms with E-state index in [1.54, 1.807) is 0 Å². The molecule has 3 atom stereocenters. The van der Waals surface area contributed by atoms with Crippen LogP contribution in [0.2, 0.25) is 0 Å². The number of aliphatic hydroxyl groups excluding tert-OH is 1. The highest BCUT2D eigenvalue weighted by Crippen LogP contribution is 2.45. The van der Waals surface area contributed by atoms with Crippen molar-refractivity contribution >= 4 is 0 Å². The molecule has 1 fully saturated rings. The van der Waals surface area contributed by atoms with Crippen LogP contribution in [-0.2, 0) is 0 Å². The predicted molar refractivity (Wildman–Crippen MR) is 89.3 cm³/mol. The zero-order chi connectivity index (χ0) is 15.9. The number of ether oxygens (including phenoxy) is 1. The number of hydrogen-bond donors (Lipinski definition) is 1. The number of rotatable bonds is 2. The molecule has 3 heteroatoms. The van der Waals surface area contributed by atoms with Crippen molar-refractivity contribution in [1.82, 2.24) is 4.90 Å². The van der Waals surface area contributed by atoms with Crippen molar-refractivity contribution in [2.24, 2.45) is 0 Å². The Labute approximate surface area is 134 Å². The minimum atomic E-state index is -0.481. The summed E-state index contributed by atoms with van der Waals surface area (Å²) in [6.45, 7) is 9.62. The Bertz CT molecular complexity index is 540. The highest BCUT2D eigenvalue weighted by molar-refractivity contribution is 5.45. The summed E-state index contributed by atoms with van der Waals surface area (Å²) in [5, 5.41) is 11.1. The number of hydrogen-bond acceptors (Lipinski definition) is 3. The highest BCUT2D eigenvalue weighted by Gasteiger charge is 2.48. The van der Waals surface area contributed by atoms with Crippen LogP contribution in [-0.4, -0.2) is 34.2 Å². The van der Waals surface area contributed by atoms with E-state index in [1.165, 1.54) is 19.3 Å². The van der Waals surface area contributed by atoms with Crippen LogP contribution in [0.15, 0.2) is 18.2 Å². The number of aliphatic hydroxyl groups is 1. The van der Waals surface area contributed by atoms with Crippen LogP contribution in [0.25, 0.3) is 0 Å². The number of aryl methyl sites for hydroxylation is 1. The van der Waals surface area contributed by atoms with Crippen LogP contribution in [0.1, 0.15) is 63.7 Å². The summed E-state index contributed by atoms with van der Waals surface area (Å²) in [5.74, 6) is 0.876. The van der Waals surface area contributed by atoms with E-state index in [1.807, 2.05) is 12.1 Å². The van der Waals surface area contributed by atoms with Crippen molar-refractivity contribution in [3.8, 4) is 5.75 Å². The van der Waals surface area contributed by atoms with Gasteiger partial charge in [0.05, 0.1) is 6.04 Å². The first kappa shape index (κ1) is 15.8. The van der Waals surface area contributed by atoms with Crippen molar-refractivity contribution < 1.29 is 9.84 Å². The monoisotopic (exact) mass is 303 g/mol. The van der Waals surface area contributed by atoms with Crippen molar-refractivity contribution in [2.75, 3.05) is 6.54 Å². The van der Waals surface area contributed by atoms with Gasteiger partial charge in [0.2, 0.25) is 0 Å². The van der Waals surface area contributed by atoms with Gasteiger partial charge >= 0.3 is 0 Å². The van der Waals surface area contributed by atoms with Gasteiger partial charge in [0.15, 0.2) is 0 Å². The van der Waals surface area contributed by atoms with Crippen LogP contribution in [0.3, 0.4) is 0 Å². The van der Waals surface area contributed by atoms with E-state index < -0.39 is 6.10 Å². The molecule has 0 saturated carbocycles. The van der Waals surface area contributed by atoms with Gasteiger partial charge in [-0.3, -0.25) is 4.90 Å². The fourth-order valence-electron chi connectivity index (χ4n) is 4.33. The van der Waals surface area contributed by atoms with Gasteiger partial charge in [-0.15, -0.1) is 0 Å². The Morgan fingerprint density at radius 1 is 1.32 bits per heavy atom. The highest BCUT2D eigenvalue weighted by atomic mass is 16.5. The molecular formula is C19H29NO2. The van der Waals surface area contributed by atoms with Gasteiger partial charge in [0.25, 0.3) is 0 Å². The molecule has 3 nitrogen and oxygen atoms in total. The van der Waals surface area contributed by atoms with E-state index >= 15 is 0 Å². The topological polar surface area (TPSA) is 32.7 Å². The lowest BCUT2D eigenvalue weighted by atomic mass is 9.82. The molecule has 22 heavy (non-hydrogen) atoms. The lowest BCUT2D eigenvalue weighted by molar-refractivity contribution is -0.104. The smallest absolute Gasteiger partial charge is 0.128 e. The molecule has 0 bridgehead atoms. The fourth-order valence-corrected chi connectivity index (χ4v) is 4.33. The minimum Gasteiger partial charge on any atom is -0.485 e. The largest absolute Gasteiger partial charge is 0.485 e. The van der Waals surface area contributed by atoms with Gasteiger partial charge in [-0.2, -0.15) is 0 Å². The zero-order valence-corrected chi connectivity index (χ0v) is 14.3. The van der Waals surface area contributed by atoms with E-state index in [-0.39, 0.29) is 11.6 Å². The normalized spacial score (nSPS) is 31.4. The third kappa shape index (κ3) is 2.55. The molecule has 0 aromatic heterocycles. The fraction of sp³-hybridized carbons (Fsp3) is 0.684. The first-order chi connectivity index (χ1) is 10.5. The third-order valence-electron chi connectivity index (χ3n) is 5.44. The second-order valence-electron chi connectivity index (χ2n) is 7.38. The summed E-state index contributed by atoms with van der Waals surface area (Å²) in [7, 11) is 0. The van der Waals surface area contributed by atoms with Crippen molar-refractivity contribution in [3.63, 3.8) is 0 Å². The quantitative estimate of drug-likeness (QED) is 0.901. The molecule has 3 rings (SSSR count). The summed E-state index contributed by atoms with van der Waals surface area (Å²) >= 11 is 0. The molecule has 1 aromatic carbocycles. The molecule has 2 heterocycles.